The molecule has 1 rings (SSSR count). The molecule has 17 heavy (non-hydrogen) atoms. The van der Waals surface area contributed by atoms with Crippen molar-refractivity contribution in [3.8, 4) is 0 Å². The van der Waals surface area contributed by atoms with Crippen LogP contribution in [0.25, 0.3) is 0 Å². The summed E-state index contributed by atoms with van der Waals surface area (Å²) >= 11 is 5.88. The Morgan fingerprint density at radius 3 is 2.12 bits per heavy atom. The minimum Gasteiger partial charge on any atom is -0.332 e. The molecule has 96 valence electrons. The van der Waals surface area contributed by atoms with Crippen LogP contribution in [0, 0.1) is 0 Å². The average Bonchev–Trinajstić information content (AvgIpc) is 2.30. The zero-order chi connectivity index (χ0) is 12.9. The predicted octanol–water partition coefficient (Wildman–Crippen LogP) is 3.39. The standard InChI is InChI=1S/C13H22NOPS/c1-5-14(6-2)16(17,15-12(3)4)13-10-8-7-9-11-13/h7-12H,5-6H2,1-4H3. The van der Waals surface area contributed by atoms with E-state index < -0.39 is 6.42 Å². The lowest BCUT2D eigenvalue weighted by Gasteiger charge is -2.34. The van der Waals surface area contributed by atoms with E-state index in [1.807, 2.05) is 32.0 Å². The highest BCUT2D eigenvalue weighted by molar-refractivity contribution is 8.14. The third-order valence-corrected chi connectivity index (χ3v) is 7.09. The summed E-state index contributed by atoms with van der Waals surface area (Å²) in [5.41, 5.74) is 0. The van der Waals surface area contributed by atoms with Crippen molar-refractivity contribution in [3.63, 3.8) is 0 Å². The number of hydrogen-bond donors (Lipinski definition) is 0. The van der Waals surface area contributed by atoms with Gasteiger partial charge in [0.25, 0.3) is 0 Å². The summed E-state index contributed by atoms with van der Waals surface area (Å²) in [6.07, 6.45) is -1.92. The molecule has 0 aliphatic heterocycles. The highest BCUT2D eigenvalue weighted by atomic mass is 32.4. The molecule has 0 fully saturated rings. The Hall–Kier alpha value is -0.210. The van der Waals surface area contributed by atoms with Crippen LogP contribution in [0.15, 0.2) is 30.3 Å². The summed E-state index contributed by atoms with van der Waals surface area (Å²) < 4.78 is 8.40. The molecule has 0 radical (unpaired) electrons. The molecule has 1 aromatic rings. The minimum absolute atomic E-state index is 0.154. The fourth-order valence-electron chi connectivity index (χ4n) is 1.79. The first-order valence-corrected chi connectivity index (χ1v) is 8.81. The molecule has 0 amide bonds. The molecule has 1 unspecified atom stereocenters. The Balaban J connectivity index is 3.15. The first kappa shape index (κ1) is 14.8. The van der Waals surface area contributed by atoms with Gasteiger partial charge in [-0.25, -0.2) is 0 Å². The van der Waals surface area contributed by atoms with Gasteiger partial charge in [0.2, 0.25) is 0 Å². The molecule has 1 aromatic carbocycles. The van der Waals surface area contributed by atoms with Crippen molar-refractivity contribution in [2.75, 3.05) is 13.1 Å². The second-order valence-corrected chi connectivity index (χ2v) is 7.97. The van der Waals surface area contributed by atoms with E-state index >= 15 is 0 Å². The molecule has 0 aliphatic rings. The van der Waals surface area contributed by atoms with Crippen LogP contribution in [-0.2, 0) is 16.3 Å². The zero-order valence-corrected chi connectivity index (χ0v) is 12.8. The summed E-state index contributed by atoms with van der Waals surface area (Å²) in [5.74, 6) is 0. The molecule has 1 atom stereocenters. The van der Waals surface area contributed by atoms with Gasteiger partial charge in [-0.15, -0.1) is 0 Å². The van der Waals surface area contributed by atoms with E-state index in [-0.39, 0.29) is 6.10 Å². The Labute approximate surface area is 110 Å². The highest BCUT2D eigenvalue weighted by Gasteiger charge is 2.27. The predicted molar refractivity (Wildman–Crippen MR) is 79.5 cm³/mol. The van der Waals surface area contributed by atoms with Gasteiger partial charge in [0.1, 0.15) is 0 Å². The first-order valence-electron chi connectivity index (χ1n) is 6.14. The normalized spacial score (nSPS) is 15.2. The summed E-state index contributed by atoms with van der Waals surface area (Å²) in [6.45, 7) is 10.2. The molecular weight excluding hydrogens is 249 g/mol. The van der Waals surface area contributed by atoms with Crippen molar-refractivity contribution in [2.45, 2.75) is 33.8 Å². The summed E-state index contributed by atoms with van der Waals surface area (Å²) in [7, 11) is 0. The Bertz CT molecular complexity index is 376. The van der Waals surface area contributed by atoms with Crippen LogP contribution in [0.2, 0.25) is 0 Å². The first-order chi connectivity index (χ1) is 8.04. The summed E-state index contributed by atoms with van der Waals surface area (Å²) in [5, 5.41) is 1.15. The van der Waals surface area contributed by atoms with Crippen molar-refractivity contribution < 1.29 is 4.52 Å². The van der Waals surface area contributed by atoms with Gasteiger partial charge in [-0.2, -0.15) is 0 Å². The lowest BCUT2D eigenvalue weighted by Crippen LogP contribution is -2.28. The van der Waals surface area contributed by atoms with E-state index in [1.165, 1.54) is 0 Å². The lowest BCUT2D eigenvalue weighted by atomic mass is 10.4. The Kier molecular flexibility index (Phi) is 5.81. The van der Waals surface area contributed by atoms with Crippen LogP contribution in [0.5, 0.6) is 0 Å². The van der Waals surface area contributed by atoms with E-state index in [0.29, 0.717) is 0 Å². The van der Waals surface area contributed by atoms with Gasteiger partial charge in [-0.1, -0.05) is 44.2 Å². The Morgan fingerprint density at radius 2 is 1.71 bits per heavy atom. The van der Waals surface area contributed by atoms with Crippen molar-refractivity contribution >= 4 is 23.5 Å². The molecule has 0 saturated heterocycles. The van der Waals surface area contributed by atoms with Crippen molar-refractivity contribution in [1.82, 2.24) is 4.67 Å². The molecule has 0 saturated carbocycles. The molecule has 0 bridgehead atoms. The van der Waals surface area contributed by atoms with Crippen molar-refractivity contribution in [1.29, 1.82) is 0 Å². The highest BCUT2D eigenvalue weighted by Crippen LogP contribution is 2.50. The van der Waals surface area contributed by atoms with Crippen LogP contribution in [0.3, 0.4) is 0 Å². The maximum Gasteiger partial charge on any atom is 0.161 e. The zero-order valence-electron chi connectivity index (χ0n) is 11.1. The van der Waals surface area contributed by atoms with Crippen LogP contribution < -0.4 is 5.30 Å². The van der Waals surface area contributed by atoms with Crippen LogP contribution in [0.4, 0.5) is 0 Å². The number of hydrogen-bond acceptors (Lipinski definition) is 2. The van der Waals surface area contributed by atoms with Gasteiger partial charge in [-0.3, -0.25) is 4.67 Å². The quantitative estimate of drug-likeness (QED) is 0.736. The fraction of sp³-hybridized carbons (Fsp3) is 0.538. The van der Waals surface area contributed by atoms with Gasteiger partial charge in [-0.05, 0) is 25.7 Å². The summed E-state index contributed by atoms with van der Waals surface area (Å²) in [6, 6.07) is 10.2. The van der Waals surface area contributed by atoms with Crippen LogP contribution in [0.1, 0.15) is 27.7 Å². The number of rotatable bonds is 6. The van der Waals surface area contributed by atoms with Gasteiger partial charge in [0.15, 0.2) is 6.42 Å². The maximum absolute atomic E-state index is 6.12. The van der Waals surface area contributed by atoms with E-state index in [1.54, 1.807) is 0 Å². The number of benzene rings is 1. The Morgan fingerprint density at radius 1 is 1.18 bits per heavy atom. The topological polar surface area (TPSA) is 12.5 Å². The largest absolute Gasteiger partial charge is 0.332 e. The summed E-state index contributed by atoms with van der Waals surface area (Å²) in [4.78, 5) is 0. The van der Waals surface area contributed by atoms with E-state index in [4.69, 9.17) is 16.3 Å². The third kappa shape index (κ3) is 3.62. The van der Waals surface area contributed by atoms with Crippen LogP contribution in [-0.4, -0.2) is 23.9 Å². The maximum atomic E-state index is 6.12. The molecule has 0 heterocycles. The smallest absolute Gasteiger partial charge is 0.161 e. The fourth-order valence-corrected chi connectivity index (χ4v) is 5.81. The van der Waals surface area contributed by atoms with Gasteiger partial charge >= 0.3 is 0 Å². The monoisotopic (exact) mass is 271 g/mol. The second kappa shape index (κ2) is 6.65. The number of nitrogens with zero attached hydrogens (tertiary/aromatic N) is 1. The molecular formula is C13H22NOPS. The van der Waals surface area contributed by atoms with Crippen molar-refractivity contribution in [3.05, 3.63) is 30.3 Å². The van der Waals surface area contributed by atoms with Gasteiger partial charge in [0.05, 0.1) is 6.10 Å². The van der Waals surface area contributed by atoms with E-state index in [0.717, 1.165) is 18.4 Å². The van der Waals surface area contributed by atoms with E-state index in [9.17, 15) is 0 Å². The molecule has 0 aliphatic carbocycles. The SMILES string of the molecule is CCN(CC)P(=S)(OC(C)C)c1ccccc1. The molecule has 4 heteroatoms. The van der Waals surface area contributed by atoms with Gasteiger partial charge < -0.3 is 4.52 Å². The minimum atomic E-state index is -2.07. The molecule has 2 nitrogen and oxygen atoms in total. The van der Waals surface area contributed by atoms with Crippen molar-refractivity contribution in [2.24, 2.45) is 0 Å². The lowest BCUT2D eigenvalue weighted by molar-refractivity contribution is 0.248. The third-order valence-electron chi connectivity index (χ3n) is 2.54. The second-order valence-electron chi connectivity index (χ2n) is 4.15. The van der Waals surface area contributed by atoms with E-state index in [2.05, 4.69) is 30.7 Å². The van der Waals surface area contributed by atoms with Gasteiger partial charge in [0, 0.05) is 18.4 Å². The molecule has 0 spiro atoms. The molecule has 0 N–H and O–H groups in total. The molecule has 0 aromatic heterocycles. The van der Waals surface area contributed by atoms with Crippen LogP contribution >= 0.6 is 6.42 Å². The average molecular weight is 271 g/mol.